The lowest BCUT2D eigenvalue weighted by Gasteiger charge is -2.37. The normalized spacial score (nSPS) is 21.0. The summed E-state index contributed by atoms with van der Waals surface area (Å²) in [6.45, 7) is 4.68. The van der Waals surface area contributed by atoms with Gasteiger partial charge < -0.3 is 15.0 Å². The summed E-state index contributed by atoms with van der Waals surface area (Å²) in [5, 5.41) is 3.58. The Balaban J connectivity index is 1.54. The van der Waals surface area contributed by atoms with Crippen LogP contribution in [0.15, 0.2) is 30.6 Å². The Bertz CT molecular complexity index is 750. The third kappa shape index (κ3) is 3.45. The lowest BCUT2D eigenvalue weighted by molar-refractivity contribution is 0.122. The van der Waals surface area contributed by atoms with Gasteiger partial charge in [-0.3, -0.25) is 4.90 Å². The Labute approximate surface area is 148 Å². The van der Waals surface area contributed by atoms with Gasteiger partial charge in [0.2, 0.25) is 0 Å². The molecule has 3 heterocycles. The maximum atomic E-state index is 5.92. The molecule has 0 amide bonds. The van der Waals surface area contributed by atoms with Crippen molar-refractivity contribution in [3.8, 4) is 5.75 Å². The molecule has 1 aromatic heterocycles. The number of aromatic nitrogens is 2. The second-order valence-corrected chi connectivity index (χ2v) is 7.00. The second kappa shape index (κ2) is 6.98. The third-order valence-corrected chi connectivity index (χ3v) is 5.22. The summed E-state index contributed by atoms with van der Waals surface area (Å²) >= 11 is 0. The summed E-state index contributed by atoms with van der Waals surface area (Å²) in [6.07, 6.45) is 2.44. The van der Waals surface area contributed by atoms with E-state index in [4.69, 9.17) is 4.74 Å². The van der Waals surface area contributed by atoms with Crippen LogP contribution in [0.5, 0.6) is 5.75 Å². The first-order valence-corrected chi connectivity index (χ1v) is 8.87. The van der Waals surface area contributed by atoms with E-state index in [1.54, 1.807) is 6.33 Å². The smallest absolute Gasteiger partial charge is 0.133 e. The number of hydrogen-bond acceptors (Lipinski definition) is 6. The fraction of sp³-hybridized carbons (Fsp3) is 0.474. The van der Waals surface area contributed by atoms with E-state index in [2.05, 4.69) is 51.3 Å². The fourth-order valence-electron chi connectivity index (χ4n) is 3.57. The number of nitrogens with zero attached hydrogens (tertiary/aromatic N) is 4. The van der Waals surface area contributed by atoms with E-state index in [1.165, 1.54) is 5.56 Å². The van der Waals surface area contributed by atoms with Gasteiger partial charge in [-0.15, -0.1) is 0 Å². The molecule has 1 atom stereocenters. The van der Waals surface area contributed by atoms with E-state index in [1.807, 2.05) is 12.1 Å². The van der Waals surface area contributed by atoms with Gasteiger partial charge in [0.25, 0.3) is 0 Å². The quantitative estimate of drug-likeness (QED) is 0.917. The topological polar surface area (TPSA) is 53.5 Å². The minimum absolute atomic E-state index is 0.485. The molecular weight excluding hydrogens is 314 g/mol. The van der Waals surface area contributed by atoms with Crippen molar-refractivity contribution < 1.29 is 4.74 Å². The van der Waals surface area contributed by atoms with Gasteiger partial charge in [0.05, 0.1) is 5.69 Å². The number of fused-ring (bicyclic) bond motifs is 2. The van der Waals surface area contributed by atoms with Crippen LogP contribution in [0.4, 0.5) is 5.82 Å². The van der Waals surface area contributed by atoms with Crippen LogP contribution in [0.3, 0.4) is 0 Å². The highest BCUT2D eigenvalue weighted by molar-refractivity contribution is 5.51. The molecule has 0 spiro atoms. The van der Waals surface area contributed by atoms with E-state index in [0.29, 0.717) is 12.6 Å². The molecule has 6 nitrogen and oxygen atoms in total. The van der Waals surface area contributed by atoms with E-state index >= 15 is 0 Å². The van der Waals surface area contributed by atoms with Gasteiger partial charge in [0, 0.05) is 44.2 Å². The molecule has 6 heteroatoms. The van der Waals surface area contributed by atoms with Crippen LogP contribution in [0.1, 0.15) is 16.8 Å². The van der Waals surface area contributed by atoms with E-state index in [9.17, 15) is 0 Å². The number of likely N-dealkylation sites (N-methyl/N-ethyl adjacent to an activating group) is 2. The predicted octanol–water partition coefficient (Wildman–Crippen LogP) is 1.62. The van der Waals surface area contributed by atoms with E-state index in [0.717, 1.165) is 55.4 Å². The van der Waals surface area contributed by atoms with Crippen LogP contribution in [0.25, 0.3) is 0 Å². The van der Waals surface area contributed by atoms with Crippen molar-refractivity contribution in [2.24, 2.45) is 0 Å². The Morgan fingerprint density at radius 2 is 2.08 bits per heavy atom. The molecule has 1 aromatic carbocycles. The van der Waals surface area contributed by atoms with Crippen molar-refractivity contribution in [1.29, 1.82) is 0 Å². The minimum atomic E-state index is 0.485. The molecular formula is C19H25N5O. The number of hydrogen-bond donors (Lipinski definition) is 1. The molecule has 1 saturated heterocycles. The molecule has 0 bridgehead atoms. The minimum Gasteiger partial charge on any atom is -0.487 e. The summed E-state index contributed by atoms with van der Waals surface area (Å²) in [4.78, 5) is 13.8. The maximum Gasteiger partial charge on any atom is 0.133 e. The summed E-state index contributed by atoms with van der Waals surface area (Å²) < 4.78 is 5.92. The highest BCUT2D eigenvalue weighted by Crippen LogP contribution is 2.30. The summed E-state index contributed by atoms with van der Waals surface area (Å²) in [6, 6.07) is 8.68. The van der Waals surface area contributed by atoms with Crippen LogP contribution in [-0.4, -0.2) is 66.1 Å². The fourth-order valence-corrected chi connectivity index (χ4v) is 3.57. The van der Waals surface area contributed by atoms with Crippen molar-refractivity contribution in [3.05, 3.63) is 47.4 Å². The molecule has 2 aliphatic heterocycles. The number of ether oxygens (including phenoxy) is 1. The van der Waals surface area contributed by atoms with Gasteiger partial charge >= 0.3 is 0 Å². The van der Waals surface area contributed by atoms with Crippen molar-refractivity contribution in [2.75, 3.05) is 45.6 Å². The highest BCUT2D eigenvalue weighted by atomic mass is 16.5. The standard InChI is InChI=1S/C19H25N5O/c1-23-7-8-24(2)15(11-23)10-20-19-16-9-14-5-3-4-6-18(14)25-12-17(16)21-13-22-19/h3-6,13,15H,7-12H2,1-2H3,(H,20,21,22)/t15-/m1/s1. The first-order valence-electron chi connectivity index (χ1n) is 8.87. The molecule has 1 fully saturated rings. The van der Waals surface area contributed by atoms with E-state index in [-0.39, 0.29) is 0 Å². The monoisotopic (exact) mass is 339 g/mol. The Morgan fingerprint density at radius 1 is 1.20 bits per heavy atom. The molecule has 25 heavy (non-hydrogen) atoms. The largest absolute Gasteiger partial charge is 0.487 e. The second-order valence-electron chi connectivity index (χ2n) is 7.00. The van der Waals surface area contributed by atoms with Gasteiger partial charge in [0.1, 0.15) is 24.5 Å². The number of benzene rings is 1. The van der Waals surface area contributed by atoms with Gasteiger partial charge in [-0.1, -0.05) is 18.2 Å². The molecule has 0 aliphatic carbocycles. The van der Waals surface area contributed by atoms with Crippen molar-refractivity contribution >= 4 is 5.82 Å². The Kier molecular flexibility index (Phi) is 4.55. The molecule has 0 unspecified atom stereocenters. The van der Waals surface area contributed by atoms with Crippen LogP contribution >= 0.6 is 0 Å². The van der Waals surface area contributed by atoms with E-state index < -0.39 is 0 Å². The molecule has 2 aliphatic rings. The average molecular weight is 339 g/mol. The zero-order valence-electron chi connectivity index (χ0n) is 14.9. The number of para-hydroxylation sites is 1. The number of anilines is 1. The van der Waals surface area contributed by atoms with Gasteiger partial charge in [-0.2, -0.15) is 0 Å². The molecule has 2 aromatic rings. The Morgan fingerprint density at radius 3 is 3.00 bits per heavy atom. The van der Waals surface area contributed by atoms with Crippen molar-refractivity contribution in [3.63, 3.8) is 0 Å². The number of piperazine rings is 1. The summed E-state index contributed by atoms with van der Waals surface area (Å²) in [7, 11) is 4.38. The first kappa shape index (κ1) is 16.3. The van der Waals surface area contributed by atoms with Gasteiger partial charge in [-0.25, -0.2) is 9.97 Å². The SMILES string of the molecule is CN1CCN(C)[C@H](CNc2ncnc3c2Cc2ccccc2OC3)C1. The zero-order chi connectivity index (χ0) is 17.2. The van der Waals surface area contributed by atoms with Gasteiger partial charge in [0.15, 0.2) is 0 Å². The van der Waals surface area contributed by atoms with Gasteiger partial charge in [-0.05, 0) is 25.7 Å². The van der Waals surface area contributed by atoms with Crippen LogP contribution in [-0.2, 0) is 13.0 Å². The number of nitrogens with one attached hydrogen (secondary N) is 1. The van der Waals surface area contributed by atoms with Crippen LogP contribution < -0.4 is 10.1 Å². The zero-order valence-corrected chi connectivity index (χ0v) is 14.9. The maximum absolute atomic E-state index is 5.92. The lowest BCUT2D eigenvalue weighted by atomic mass is 10.0. The summed E-state index contributed by atoms with van der Waals surface area (Å²) in [5.41, 5.74) is 3.32. The molecule has 0 saturated carbocycles. The molecule has 0 radical (unpaired) electrons. The third-order valence-electron chi connectivity index (χ3n) is 5.22. The van der Waals surface area contributed by atoms with Crippen molar-refractivity contribution in [2.45, 2.75) is 19.1 Å². The lowest BCUT2D eigenvalue weighted by Crippen LogP contribution is -2.52. The average Bonchev–Trinajstić information content (AvgIpc) is 2.82. The summed E-state index contributed by atoms with van der Waals surface area (Å²) in [5.74, 6) is 1.88. The molecule has 1 N–H and O–H groups in total. The highest BCUT2D eigenvalue weighted by Gasteiger charge is 2.23. The molecule has 132 valence electrons. The molecule has 4 rings (SSSR count). The predicted molar refractivity (Wildman–Crippen MR) is 98.0 cm³/mol. The number of rotatable bonds is 3. The van der Waals surface area contributed by atoms with Crippen LogP contribution in [0, 0.1) is 0 Å². The van der Waals surface area contributed by atoms with Crippen LogP contribution in [0.2, 0.25) is 0 Å². The first-order chi connectivity index (χ1) is 12.2. The van der Waals surface area contributed by atoms with Crippen molar-refractivity contribution in [1.82, 2.24) is 19.8 Å². The Hall–Kier alpha value is -2.18.